The molecule has 0 unspecified atom stereocenters. The maximum Gasteiger partial charge on any atom is 0.387 e. The smallest absolute Gasteiger partial charge is 0.387 e. The van der Waals surface area contributed by atoms with Crippen molar-refractivity contribution in [2.75, 3.05) is 13.1 Å². The molecule has 0 radical (unpaired) electrons. The highest BCUT2D eigenvalue weighted by atomic mass is 19.3. The number of aliphatic hydroxyl groups is 1. The summed E-state index contributed by atoms with van der Waals surface area (Å²) in [6.45, 7) is -1.87. The molecule has 1 fully saturated rings. The normalized spacial score (nSPS) is 18.2. The third-order valence-electron chi connectivity index (χ3n) is 2.62. The number of rotatable bonds is 4. The molecule has 0 saturated carbocycles. The van der Waals surface area contributed by atoms with Crippen molar-refractivity contribution in [3.05, 3.63) is 29.8 Å². The Morgan fingerprint density at radius 2 is 2.06 bits per heavy atom. The van der Waals surface area contributed by atoms with Crippen LogP contribution in [-0.2, 0) is 6.42 Å². The zero-order valence-electron chi connectivity index (χ0n) is 8.62. The minimum Gasteiger partial charge on any atom is -0.435 e. The van der Waals surface area contributed by atoms with Crippen molar-refractivity contribution in [2.45, 2.75) is 18.6 Å². The van der Waals surface area contributed by atoms with Crippen LogP contribution in [0.3, 0.4) is 0 Å². The van der Waals surface area contributed by atoms with Crippen molar-refractivity contribution >= 4 is 0 Å². The van der Waals surface area contributed by atoms with Gasteiger partial charge in [-0.3, -0.25) is 0 Å². The molecular formula is C11H13F2NO2. The van der Waals surface area contributed by atoms with Crippen LogP contribution in [0.1, 0.15) is 5.56 Å². The molecule has 1 aliphatic heterocycles. The molecule has 2 rings (SSSR count). The maximum atomic E-state index is 12.1. The first-order chi connectivity index (χ1) is 7.59. The quantitative estimate of drug-likeness (QED) is 0.814. The highest BCUT2D eigenvalue weighted by Gasteiger charge is 2.35. The second-order valence-electron chi connectivity index (χ2n) is 3.99. The highest BCUT2D eigenvalue weighted by molar-refractivity contribution is 5.35. The first-order valence-electron chi connectivity index (χ1n) is 5.05. The molecule has 2 N–H and O–H groups in total. The number of para-hydroxylation sites is 1. The Bertz CT molecular complexity index is 367. The van der Waals surface area contributed by atoms with Crippen LogP contribution in [0.2, 0.25) is 0 Å². The first-order valence-corrected chi connectivity index (χ1v) is 5.05. The van der Waals surface area contributed by atoms with E-state index < -0.39 is 12.2 Å². The molecule has 1 heterocycles. The van der Waals surface area contributed by atoms with Crippen molar-refractivity contribution in [1.82, 2.24) is 5.32 Å². The molecule has 1 aromatic rings. The number of nitrogens with one attached hydrogen (secondary N) is 1. The summed E-state index contributed by atoms with van der Waals surface area (Å²) in [5.41, 5.74) is -0.228. The molecule has 1 aromatic carbocycles. The minimum atomic E-state index is -2.84. The Hall–Kier alpha value is -1.20. The van der Waals surface area contributed by atoms with Crippen molar-refractivity contribution < 1.29 is 18.6 Å². The highest BCUT2D eigenvalue weighted by Crippen LogP contribution is 2.26. The summed E-state index contributed by atoms with van der Waals surface area (Å²) in [4.78, 5) is 0. The van der Waals surface area contributed by atoms with Crippen LogP contribution in [0.15, 0.2) is 24.3 Å². The van der Waals surface area contributed by atoms with Gasteiger partial charge in [0.2, 0.25) is 0 Å². The number of ether oxygens (including phenoxy) is 1. The Balaban J connectivity index is 2.12. The van der Waals surface area contributed by atoms with Gasteiger partial charge < -0.3 is 15.2 Å². The number of hydrogen-bond donors (Lipinski definition) is 2. The van der Waals surface area contributed by atoms with Crippen molar-refractivity contribution in [3.8, 4) is 5.75 Å². The minimum absolute atomic E-state index is 0.137. The lowest BCUT2D eigenvalue weighted by Crippen LogP contribution is -2.60. The van der Waals surface area contributed by atoms with Gasteiger partial charge in [-0.05, 0) is 11.6 Å². The van der Waals surface area contributed by atoms with Crippen molar-refractivity contribution in [3.63, 3.8) is 0 Å². The molecule has 0 atom stereocenters. The molecule has 16 heavy (non-hydrogen) atoms. The Morgan fingerprint density at radius 1 is 1.38 bits per heavy atom. The molecule has 1 saturated heterocycles. The van der Waals surface area contributed by atoms with Crippen LogP contribution in [-0.4, -0.2) is 30.4 Å². The summed E-state index contributed by atoms with van der Waals surface area (Å²) in [6, 6.07) is 6.54. The van der Waals surface area contributed by atoms with Gasteiger partial charge in [-0.2, -0.15) is 8.78 Å². The summed E-state index contributed by atoms with van der Waals surface area (Å²) >= 11 is 0. The van der Waals surface area contributed by atoms with Gasteiger partial charge in [-0.25, -0.2) is 0 Å². The van der Waals surface area contributed by atoms with Gasteiger partial charge >= 0.3 is 6.61 Å². The van der Waals surface area contributed by atoms with E-state index >= 15 is 0 Å². The number of alkyl halides is 2. The number of β-amino-alcohol motifs (C(OH)–C–C–N with tert-alkyl or cyclic N) is 1. The van der Waals surface area contributed by atoms with Crippen LogP contribution in [0, 0.1) is 0 Å². The van der Waals surface area contributed by atoms with Crippen molar-refractivity contribution in [1.29, 1.82) is 0 Å². The molecule has 0 bridgehead atoms. The lowest BCUT2D eigenvalue weighted by atomic mass is 9.89. The van der Waals surface area contributed by atoms with Gasteiger partial charge in [0.1, 0.15) is 5.75 Å². The molecule has 0 aromatic heterocycles. The molecule has 3 nitrogen and oxygen atoms in total. The average Bonchev–Trinajstić information content (AvgIpc) is 2.18. The first kappa shape index (κ1) is 11.3. The lowest BCUT2D eigenvalue weighted by molar-refractivity contribution is -0.0524. The second-order valence-corrected chi connectivity index (χ2v) is 3.99. The van der Waals surface area contributed by atoms with Gasteiger partial charge in [-0.15, -0.1) is 0 Å². The largest absolute Gasteiger partial charge is 0.435 e. The summed E-state index contributed by atoms with van der Waals surface area (Å²) in [5, 5.41) is 12.9. The Morgan fingerprint density at radius 3 is 2.62 bits per heavy atom. The third-order valence-corrected chi connectivity index (χ3v) is 2.62. The number of benzene rings is 1. The van der Waals surface area contributed by atoms with Crippen molar-refractivity contribution in [2.24, 2.45) is 0 Å². The Kier molecular flexibility index (Phi) is 3.07. The number of halogens is 2. The Labute approximate surface area is 92.0 Å². The van der Waals surface area contributed by atoms with E-state index in [1.54, 1.807) is 18.2 Å². The maximum absolute atomic E-state index is 12.1. The van der Waals surface area contributed by atoms with Gasteiger partial charge in [0.05, 0.1) is 5.60 Å². The molecule has 0 aliphatic carbocycles. The van der Waals surface area contributed by atoms with E-state index in [2.05, 4.69) is 10.1 Å². The standard InChI is InChI=1S/C11H13F2NO2/c12-10(13)16-9-4-2-1-3-8(9)5-11(15)6-14-7-11/h1-4,10,14-15H,5-7H2. The predicted molar refractivity (Wildman–Crippen MR) is 54.6 cm³/mol. The summed E-state index contributed by atoms with van der Waals surface area (Å²) in [5.74, 6) is 0.137. The van der Waals surface area contributed by atoms with Crippen LogP contribution in [0.25, 0.3) is 0 Å². The van der Waals surface area contributed by atoms with E-state index in [1.807, 2.05) is 0 Å². The molecule has 0 amide bonds. The van der Waals surface area contributed by atoms with E-state index in [4.69, 9.17) is 0 Å². The monoisotopic (exact) mass is 229 g/mol. The van der Waals surface area contributed by atoms with Crippen LogP contribution >= 0.6 is 0 Å². The average molecular weight is 229 g/mol. The molecule has 5 heteroatoms. The zero-order valence-corrected chi connectivity index (χ0v) is 8.62. The molecule has 0 spiro atoms. The van der Waals surface area contributed by atoms with Crippen LogP contribution < -0.4 is 10.1 Å². The van der Waals surface area contributed by atoms with E-state index in [0.717, 1.165) is 0 Å². The van der Waals surface area contributed by atoms with Crippen LogP contribution in [0.5, 0.6) is 5.75 Å². The SMILES string of the molecule is OC1(Cc2ccccc2OC(F)F)CNC1. The zero-order chi connectivity index (χ0) is 11.6. The third kappa shape index (κ3) is 2.48. The fourth-order valence-corrected chi connectivity index (χ4v) is 1.75. The van der Waals surface area contributed by atoms with Gasteiger partial charge in [0.15, 0.2) is 0 Å². The molecular weight excluding hydrogens is 216 g/mol. The van der Waals surface area contributed by atoms with Crippen LogP contribution in [0.4, 0.5) is 8.78 Å². The molecule has 88 valence electrons. The van der Waals surface area contributed by atoms with E-state index in [-0.39, 0.29) is 5.75 Å². The van der Waals surface area contributed by atoms with Gasteiger partial charge in [-0.1, -0.05) is 18.2 Å². The topological polar surface area (TPSA) is 41.5 Å². The van der Waals surface area contributed by atoms with Gasteiger partial charge in [0, 0.05) is 19.5 Å². The summed E-state index contributed by atoms with van der Waals surface area (Å²) < 4.78 is 28.7. The summed E-state index contributed by atoms with van der Waals surface area (Å²) in [7, 11) is 0. The summed E-state index contributed by atoms with van der Waals surface area (Å²) in [6.07, 6.45) is 0.322. The molecule has 1 aliphatic rings. The van der Waals surface area contributed by atoms with E-state index in [1.165, 1.54) is 6.07 Å². The predicted octanol–water partition coefficient (Wildman–Crippen LogP) is 1.16. The second kappa shape index (κ2) is 4.35. The van der Waals surface area contributed by atoms with E-state index in [0.29, 0.717) is 25.1 Å². The fraction of sp³-hybridized carbons (Fsp3) is 0.455. The number of hydrogen-bond acceptors (Lipinski definition) is 3. The fourth-order valence-electron chi connectivity index (χ4n) is 1.75. The van der Waals surface area contributed by atoms with E-state index in [9.17, 15) is 13.9 Å². The lowest BCUT2D eigenvalue weighted by Gasteiger charge is -2.38. The van der Waals surface area contributed by atoms with Gasteiger partial charge in [0.25, 0.3) is 0 Å².